The van der Waals surface area contributed by atoms with E-state index in [1.807, 2.05) is 0 Å². The normalized spacial score (nSPS) is 15.6. The fraction of sp³-hybridized carbons (Fsp3) is 0.333. The molecule has 1 aromatic carbocycles. The van der Waals surface area contributed by atoms with E-state index in [1.54, 1.807) is 17.9 Å². The number of hydrogen-bond donors (Lipinski definition) is 2. The quantitative estimate of drug-likeness (QED) is 0.236. The van der Waals surface area contributed by atoms with E-state index in [-0.39, 0.29) is 55.4 Å². The van der Waals surface area contributed by atoms with E-state index in [0.717, 1.165) is 40.6 Å². The second-order valence-electron chi connectivity index (χ2n) is 10.9. The van der Waals surface area contributed by atoms with Crippen LogP contribution >= 0.6 is 0 Å². The third-order valence-electron chi connectivity index (χ3n) is 8.02. The lowest BCUT2D eigenvalue weighted by Crippen LogP contribution is -2.50. The Labute approximate surface area is 263 Å². The van der Waals surface area contributed by atoms with Crippen LogP contribution in [0.3, 0.4) is 0 Å². The number of carbonyl (C=O) groups excluding carboxylic acids is 2. The van der Waals surface area contributed by atoms with Crippen molar-refractivity contribution in [2.24, 2.45) is 0 Å². The summed E-state index contributed by atoms with van der Waals surface area (Å²) in [4.78, 5) is 51.2. The molecule has 1 saturated heterocycles. The fourth-order valence-corrected chi connectivity index (χ4v) is 5.56. The predicted octanol–water partition coefficient (Wildman–Crippen LogP) is 2.86. The van der Waals surface area contributed by atoms with Gasteiger partial charge in [0.1, 0.15) is 12.2 Å². The summed E-state index contributed by atoms with van der Waals surface area (Å²) in [5, 5.41) is 17.0. The Morgan fingerprint density at radius 1 is 1.09 bits per heavy atom. The van der Waals surface area contributed by atoms with Gasteiger partial charge in [0.2, 0.25) is 11.7 Å². The highest BCUT2D eigenvalue weighted by Gasteiger charge is 2.31. The van der Waals surface area contributed by atoms with Crippen molar-refractivity contribution in [3.8, 4) is 5.75 Å². The maximum atomic E-state index is 13.9. The maximum Gasteiger partial charge on any atom is 0.416 e. The molecule has 17 heteroatoms. The van der Waals surface area contributed by atoms with Gasteiger partial charge in [-0.1, -0.05) is 6.08 Å². The Morgan fingerprint density at radius 2 is 1.81 bits per heavy atom. The van der Waals surface area contributed by atoms with Crippen LogP contribution in [0.15, 0.2) is 47.4 Å². The summed E-state index contributed by atoms with van der Waals surface area (Å²) in [7, 11) is 0. The minimum Gasteiger partial charge on any atom is -0.503 e. The Balaban J connectivity index is 1.31. The van der Waals surface area contributed by atoms with Gasteiger partial charge in [-0.15, -0.1) is 5.10 Å². The second kappa shape index (κ2) is 12.5. The third kappa shape index (κ3) is 6.25. The lowest BCUT2D eigenvalue weighted by molar-refractivity contribution is -0.137. The summed E-state index contributed by atoms with van der Waals surface area (Å²) in [5.41, 5.74) is -0.0983. The number of aromatic nitrogens is 5. The minimum absolute atomic E-state index is 0.0882. The Bertz CT molecular complexity index is 1950. The summed E-state index contributed by atoms with van der Waals surface area (Å²) in [6, 6.07) is 5.23. The molecule has 3 aromatic heterocycles. The van der Waals surface area contributed by atoms with Crippen LogP contribution < -0.4 is 15.8 Å². The molecule has 0 unspecified atom stereocenters. The van der Waals surface area contributed by atoms with E-state index in [0.29, 0.717) is 31.2 Å². The van der Waals surface area contributed by atoms with Crippen molar-refractivity contribution < 1.29 is 37.0 Å². The van der Waals surface area contributed by atoms with Crippen LogP contribution in [0.5, 0.6) is 5.75 Å². The van der Waals surface area contributed by atoms with Crippen molar-refractivity contribution in [2.75, 3.05) is 49.6 Å². The smallest absolute Gasteiger partial charge is 0.416 e. The number of benzene rings is 1. The van der Waals surface area contributed by atoms with E-state index in [1.165, 1.54) is 15.5 Å². The molecule has 2 aliphatic heterocycles. The van der Waals surface area contributed by atoms with E-state index in [9.17, 15) is 37.1 Å². The topological polar surface area (TPSA) is 147 Å². The molecule has 47 heavy (non-hydrogen) atoms. The molecule has 0 atom stereocenters. The molecule has 0 radical (unpaired) electrons. The molecule has 0 bridgehead atoms. The third-order valence-corrected chi connectivity index (χ3v) is 8.02. The fourth-order valence-electron chi connectivity index (χ4n) is 5.56. The van der Waals surface area contributed by atoms with Gasteiger partial charge in [0.05, 0.1) is 24.3 Å². The molecular formula is C30H28F4N8O5. The van der Waals surface area contributed by atoms with E-state index in [4.69, 9.17) is 4.74 Å². The van der Waals surface area contributed by atoms with Gasteiger partial charge in [-0.25, -0.2) is 4.98 Å². The minimum atomic E-state index is -4.53. The monoisotopic (exact) mass is 656 g/mol. The van der Waals surface area contributed by atoms with Crippen molar-refractivity contribution in [2.45, 2.75) is 26.1 Å². The molecule has 246 valence electrons. The largest absolute Gasteiger partial charge is 0.503 e. The number of nitrogens with zero attached hydrogens (tertiary/aromatic N) is 7. The average Bonchev–Trinajstić information content (AvgIpc) is 3.51. The van der Waals surface area contributed by atoms with E-state index in [2.05, 4.69) is 20.4 Å². The number of fused-ring (bicyclic) bond motifs is 1. The Kier molecular flexibility index (Phi) is 8.40. The molecular weight excluding hydrogens is 628 g/mol. The molecule has 5 heterocycles. The molecule has 0 spiro atoms. The van der Waals surface area contributed by atoms with Gasteiger partial charge in [0, 0.05) is 43.8 Å². The van der Waals surface area contributed by atoms with E-state index < -0.39 is 40.8 Å². The number of alkyl halides is 3. The van der Waals surface area contributed by atoms with Crippen LogP contribution in [0.4, 0.5) is 28.9 Å². The van der Waals surface area contributed by atoms with Crippen molar-refractivity contribution in [1.82, 2.24) is 29.0 Å². The van der Waals surface area contributed by atoms with Gasteiger partial charge < -0.3 is 29.5 Å². The highest BCUT2D eigenvalue weighted by atomic mass is 19.4. The highest BCUT2D eigenvalue weighted by Crippen LogP contribution is 2.30. The van der Waals surface area contributed by atoms with Gasteiger partial charge in [-0.3, -0.25) is 14.4 Å². The standard InChI is InChI=1S/C30H28F4N8O5/c1-17-23(39-10-12-40(13-11-39)27(45)21-6-9-35-25(31)24(21)44)28(46)42-29(37-26(38-42)18-7-14-47-15-8-18)41(17)16-22(43)36-20-4-2-19(3-5-20)30(32,33)34/h2-7,9,44H,8,10-16H2,1H3,(H,36,43). The van der Waals surface area contributed by atoms with Crippen molar-refractivity contribution in [1.29, 1.82) is 0 Å². The van der Waals surface area contributed by atoms with Crippen molar-refractivity contribution in [3.05, 3.63) is 81.6 Å². The summed E-state index contributed by atoms with van der Waals surface area (Å²) in [6.45, 7) is 2.70. The predicted molar refractivity (Wildman–Crippen MR) is 159 cm³/mol. The van der Waals surface area contributed by atoms with Gasteiger partial charge in [-0.2, -0.15) is 27.1 Å². The molecule has 6 rings (SSSR count). The van der Waals surface area contributed by atoms with Crippen molar-refractivity contribution in [3.63, 3.8) is 0 Å². The zero-order valence-electron chi connectivity index (χ0n) is 24.9. The van der Waals surface area contributed by atoms with Gasteiger partial charge in [0.15, 0.2) is 11.6 Å². The number of anilines is 2. The maximum absolute atomic E-state index is 13.9. The molecule has 1 fully saturated rings. The summed E-state index contributed by atoms with van der Waals surface area (Å²) in [6.07, 6.45) is -1.13. The van der Waals surface area contributed by atoms with Crippen LogP contribution in [0.1, 0.15) is 33.9 Å². The number of carbonyl (C=O) groups is 2. The number of nitrogens with one attached hydrogen (secondary N) is 1. The first kappa shape index (κ1) is 31.7. The SMILES string of the molecule is Cc1c(N2CCN(C(=O)c3ccnc(F)c3O)CC2)c(=O)n2nc(C3=CCOCC3)nc2n1CC(=O)Nc1ccc(C(F)(F)F)cc1. The highest BCUT2D eigenvalue weighted by molar-refractivity contribution is 5.97. The number of halogens is 4. The number of hydrogen-bond acceptors (Lipinski definition) is 9. The van der Waals surface area contributed by atoms with Crippen LogP contribution in [-0.4, -0.2) is 85.4 Å². The molecule has 2 aliphatic rings. The second-order valence-corrected chi connectivity index (χ2v) is 10.9. The Morgan fingerprint density at radius 3 is 2.47 bits per heavy atom. The first-order valence-electron chi connectivity index (χ1n) is 14.5. The molecule has 2 N–H and O–H groups in total. The van der Waals surface area contributed by atoms with Crippen LogP contribution in [0.2, 0.25) is 0 Å². The molecule has 0 saturated carbocycles. The van der Waals surface area contributed by atoms with Gasteiger partial charge in [-0.05, 0) is 49.2 Å². The first-order chi connectivity index (χ1) is 22.4. The van der Waals surface area contributed by atoms with Crippen LogP contribution in [0.25, 0.3) is 11.4 Å². The molecule has 2 amide bonds. The Hall–Kier alpha value is -5.32. The van der Waals surface area contributed by atoms with Crippen LogP contribution in [0, 0.1) is 12.9 Å². The summed E-state index contributed by atoms with van der Waals surface area (Å²) in [5.74, 6) is -2.81. The van der Waals surface area contributed by atoms with E-state index >= 15 is 0 Å². The number of piperazine rings is 1. The number of ether oxygens (including phenoxy) is 1. The zero-order chi connectivity index (χ0) is 33.5. The average molecular weight is 657 g/mol. The first-order valence-corrected chi connectivity index (χ1v) is 14.5. The lowest BCUT2D eigenvalue weighted by Gasteiger charge is -2.36. The molecule has 13 nitrogen and oxygen atoms in total. The summed E-state index contributed by atoms with van der Waals surface area (Å²) < 4.78 is 60.7. The van der Waals surface area contributed by atoms with Crippen molar-refractivity contribution >= 4 is 34.5 Å². The van der Waals surface area contributed by atoms with Gasteiger partial charge in [0.25, 0.3) is 17.4 Å². The lowest BCUT2D eigenvalue weighted by atomic mass is 10.1. The summed E-state index contributed by atoms with van der Waals surface area (Å²) >= 11 is 0. The zero-order valence-corrected chi connectivity index (χ0v) is 24.9. The molecule has 0 aliphatic carbocycles. The van der Waals surface area contributed by atoms with Crippen LogP contribution in [-0.2, 0) is 22.3 Å². The van der Waals surface area contributed by atoms with Gasteiger partial charge >= 0.3 is 6.18 Å². The number of amides is 2. The molecule has 4 aromatic rings. The number of aromatic hydroxyl groups is 1. The number of pyridine rings is 1. The number of rotatable bonds is 6.